The van der Waals surface area contributed by atoms with Crippen LogP contribution < -0.4 is 10.6 Å². The number of nitro benzene ring substituents is 1. The lowest BCUT2D eigenvalue weighted by Gasteiger charge is -2.17. The molecule has 208 valence electrons. The van der Waals surface area contributed by atoms with E-state index in [0.717, 1.165) is 22.3 Å². The van der Waals surface area contributed by atoms with E-state index in [1.807, 2.05) is 48.5 Å². The van der Waals surface area contributed by atoms with E-state index in [1.54, 1.807) is 6.07 Å². The number of hydrogen-bond donors (Lipinski definition) is 3. The smallest absolute Gasteiger partial charge is 0.407 e. The lowest BCUT2D eigenvalue weighted by Crippen LogP contribution is -2.41. The molecule has 3 aromatic carbocycles. The van der Waals surface area contributed by atoms with Gasteiger partial charge in [-0.05, 0) is 47.6 Å². The lowest BCUT2D eigenvalue weighted by atomic mass is 9.98. The van der Waals surface area contributed by atoms with Crippen LogP contribution in [0.2, 0.25) is 0 Å². The van der Waals surface area contributed by atoms with Gasteiger partial charge in [0.25, 0.3) is 5.69 Å². The number of nitro groups is 1. The molecule has 1 aliphatic rings. The number of fused-ring (bicyclic) bond motifs is 3. The number of carbonyl (C=O) groups is 3. The maximum absolute atomic E-state index is 12.5. The van der Waals surface area contributed by atoms with Crippen LogP contribution in [0.1, 0.15) is 41.9 Å². The molecule has 4 rings (SSSR count). The highest BCUT2D eigenvalue weighted by atomic mass is 16.6. The van der Waals surface area contributed by atoms with Crippen LogP contribution in [-0.2, 0) is 20.9 Å². The zero-order chi connectivity index (χ0) is 28.5. The number of aliphatic carboxylic acids is 1. The van der Waals surface area contributed by atoms with Crippen molar-refractivity contribution in [3.05, 3.63) is 99.6 Å². The zero-order valence-electron chi connectivity index (χ0n) is 21.6. The van der Waals surface area contributed by atoms with E-state index in [1.165, 1.54) is 18.2 Å². The average Bonchev–Trinajstić information content (AvgIpc) is 3.27. The third kappa shape index (κ3) is 6.93. The molecular weight excluding hydrogens is 518 g/mol. The number of para-hydroxylation sites is 1. The Bertz CT molecular complexity index is 1350. The Morgan fingerprint density at radius 3 is 2.15 bits per heavy atom. The van der Waals surface area contributed by atoms with Crippen molar-refractivity contribution in [1.82, 2.24) is 10.6 Å². The Hall–Kier alpha value is -4.93. The number of nitrogens with one attached hydrogen (secondary N) is 2. The number of benzene rings is 3. The first-order valence-corrected chi connectivity index (χ1v) is 12.8. The van der Waals surface area contributed by atoms with Crippen molar-refractivity contribution in [3.63, 3.8) is 0 Å². The number of carboxylic acid groups (broad SMARTS) is 1. The predicted molar refractivity (Wildman–Crippen MR) is 145 cm³/mol. The second-order valence-electron chi connectivity index (χ2n) is 9.25. The monoisotopic (exact) mass is 547 g/mol. The van der Waals surface area contributed by atoms with Crippen molar-refractivity contribution >= 4 is 23.8 Å². The highest BCUT2D eigenvalue weighted by molar-refractivity contribution is 5.81. The van der Waals surface area contributed by atoms with Gasteiger partial charge in [0.05, 0.1) is 10.5 Å². The molecule has 2 amide bonds. The first kappa shape index (κ1) is 28.1. The molecule has 3 N–H and O–H groups in total. The molecule has 0 fully saturated rings. The van der Waals surface area contributed by atoms with Gasteiger partial charge in [0.1, 0.15) is 19.3 Å². The van der Waals surface area contributed by atoms with Gasteiger partial charge in [0.15, 0.2) is 0 Å². The molecule has 1 aliphatic carbocycles. The second-order valence-corrected chi connectivity index (χ2v) is 9.25. The minimum absolute atomic E-state index is 0.0738. The number of unbranched alkanes of at least 4 members (excludes halogenated alkanes) is 1. The number of carbonyl (C=O) groups excluding carboxylic acids is 2. The summed E-state index contributed by atoms with van der Waals surface area (Å²) in [6.45, 7) is 0.0193. The number of hydrogen-bond acceptors (Lipinski definition) is 7. The fraction of sp³-hybridized carbons (Fsp3) is 0.276. The fourth-order valence-electron chi connectivity index (χ4n) is 4.71. The number of ether oxygens (including phenoxy) is 2. The topological polar surface area (TPSA) is 157 Å². The first-order valence-electron chi connectivity index (χ1n) is 12.8. The molecule has 0 unspecified atom stereocenters. The molecule has 0 saturated carbocycles. The molecule has 0 spiro atoms. The molecule has 0 aromatic heterocycles. The SMILES string of the molecule is O=C(NCCCC[C@H](NC(=O)OCC1c2ccccc2-c2ccccc21)C(=O)O)OCc1ccccc1[N+](=O)[O-]. The highest BCUT2D eigenvalue weighted by Gasteiger charge is 2.29. The van der Waals surface area contributed by atoms with Gasteiger partial charge in [-0.3, -0.25) is 10.1 Å². The van der Waals surface area contributed by atoms with Crippen molar-refractivity contribution in [2.75, 3.05) is 13.2 Å². The number of rotatable bonds is 12. The summed E-state index contributed by atoms with van der Waals surface area (Å²) in [6, 6.07) is 20.6. The molecule has 1 atom stereocenters. The van der Waals surface area contributed by atoms with E-state index >= 15 is 0 Å². The minimum Gasteiger partial charge on any atom is -0.480 e. The molecule has 3 aromatic rings. The molecule has 11 heteroatoms. The summed E-state index contributed by atoms with van der Waals surface area (Å²) in [4.78, 5) is 46.5. The zero-order valence-corrected chi connectivity index (χ0v) is 21.6. The van der Waals surface area contributed by atoms with Gasteiger partial charge >= 0.3 is 18.2 Å². The first-order chi connectivity index (χ1) is 19.3. The summed E-state index contributed by atoms with van der Waals surface area (Å²) >= 11 is 0. The van der Waals surface area contributed by atoms with Gasteiger partial charge in [-0.2, -0.15) is 0 Å². The standard InChI is InChI=1S/C29H29N3O8/c33-27(34)25(14-7-8-16-30-28(35)39-17-19-9-1-6-15-26(19)32(37)38)31-29(36)40-18-24-22-12-4-2-10-20(22)21-11-3-5-13-23(21)24/h1-6,9-13,15,24-25H,7-8,14,16-18H2,(H,30,35)(H,31,36)(H,33,34)/t25-/m0/s1. The van der Waals surface area contributed by atoms with Crippen LogP contribution in [0.4, 0.5) is 15.3 Å². The van der Waals surface area contributed by atoms with Gasteiger partial charge in [-0.1, -0.05) is 60.7 Å². The molecule has 0 saturated heterocycles. The Morgan fingerprint density at radius 2 is 1.50 bits per heavy atom. The van der Waals surface area contributed by atoms with Crippen molar-refractivity contribution in [1.29, 1.82) is 0 Å². The quantitative estimate of drug-likeness (QED) is 0.163. The van der Waals surface area contributed by atoms with Crippen molar-refractivity contribution < 1.29 is 33.9 Å². The third-order valence-electron chi connectivity index (χ3n) is 6.67. The van der Waals surface area contributed by atoms with Gasteiger partial charge < -0.3 is 25.2 Å². The largest absolute Gasteiger partial charge is 0.480 e. The van der Waals surface area contributed by atoms with Crippen LogP contribution in [0.5, 0.6) is 0 Å². The molecule has 0 aliphatic heterocycles. The lowest BCUT2D eigenvalue weighted by molar-refractivity contribution is -0.385. The van der Waals surface area contributed by atoms with Gasteiger partial charge in [0.2, 0.25) is 0 Å². The number of alkyl carbamates (subject to hydrolysis) is 2. The van der Waals surface area contributed by atoms with E-state index < -0.39 is 29.1 Å². The van der Waals surface area contributed by atoms with E-state index in [4.69, 9.17) is 9.47 Å². The molecule has 40 heavy (non-hydrogen) atoms. The van der Waals surface area contributed by atoms with Gasteiger partial charge in [-0.15, -0.1) is 0 Å². The highest BCUT2D eigenvalue weighted by Crippen LogP contribution is 2.44. The maximum atomic E-state index is 12.5. The van der Waals surface area contributed by atoms with Crippen molar-refractivity contribution in [2.24, 2.45) is 0 Å². The predicted octanol–water partition coefficient (Wildman–Crippen LogP) is 4.98. The molecule has 0 heterocycles. The summed E-state index contributed by atoms with van der Waals surface area (Å²) in [5.74, 6) is -1.33. The van der Waals surface area contributed by atoms with E-state index in [9.17, 15) is 29.6 Å². The summed E-state index contributed by atoms with van der Waals surface area (Å²) < 4.78 is 10.5. The van der Waals surface area contributed by atoms with E-state index in [2.05, 4.69) is 10.6 Å². The molecule has 0 radical (unpaired) electrons. The van der Waals surface area contributed by atoms with Crippen LogP contribution in [-0.4, -0.2) is 47.4 Å². The molecule has 11 nitrogen and oxygen atoms in total. The van der Waals surface area contributed by atoms with Crippen LogP contribution in [0.25, 0.3) is 11.1 Å². The fourth-order valence-corrected chi connectivity index (χ4v) is 4.71. The normalized spacial score (nSPS) is 12.5. The Morgan fingerprint density at radius 1 is 0.875 bits per heavy atom. The number of nitrogens with zero attached hydrogens (tertiary/aromatic N) is 1. The summed E-state index contributed by atoms with van der Waals surface area (Å²) in [7, 11) is 0. The van der Waals surface area contributed by atoms with Crippen LogP contribution in [0.15, 0.2) is 72.8 Å². The van der Waals surface area contributed by atoms with Gasteiger partial charge in [0, 0.05) is 18.5 Å². The molecular formula is C29H29N3O8. The van der Waals surface area contributed by atoms with Crippen LogP contribution in [0.3, 0.4) is 0 Å². The maximum Gasteiger partial charge on any atom is 0.407 e. The number of carboxylic acids is 1. The minimum atomic E-state index is -1.19. The van der Waals surface area contributed by atoms with E-state index in [-0.39, 0.29) is 43.3 Å². The Balaban J connectivity index is 1.18. The van der Waals surface area contributed by atoms with Crippen LogP contribution >= 0.6 is 0 Å². The average molecular weight is 548 g/mol. The van der Waals surface area contributed by atoms with Crippen molar-refractivity contribution in [2.45, 2.75) is 37.8 Å². The Kier molecular flexibility index (Phi) is 9.29. The number of amides is 2. The summed E-state index contributed by atoms with van der Waals surface area (Å²) in [6.07, 6.45) is -0.607. The third-order valence-corrected chi connectivity index (χ3v) is 6.67. The second kappa shape index (κ2) is 13.2. The van der Waals surface area contributed by atoms with Crippen molar-refractivity contribution in [3.8, 4) is 11.1 Å². The molecule has 0 bridgehead atoms. The summed E-state index contributed by atoms with van der Waals surface area (Å²) in [5.41, 5.74) is 4.42. The van der Waals surface area contributed by atoms with Gasteiger partial charge in [-0.25, -0.2) is 14.4 Å². The van der Waals surface area contributed by atoms with E-state index in [0.29, 0.717) is 12.8 Å². The Labute approximate surface area is 230 Å². The summed E-state index contributed by atoms with van der Waals surface area (Å²) in [5, 5.41) is 25.5. The van der Waals surface area contributed by atoms with Crippen LogP contribution in [0, 0.1) is 10.1 Å².